The Balaban J connectivity index is 1.90. The summed E-state index contributed by atoms with van der Waals surface area (Å²) in [5, 5.41) is 8.85. The molecule has 0 saturated heterocycles. The molecule has 0 aliphatic carbocycles. The van der Waals surface area contributed by atoms with Crippen molar-refractivity contribution >= 4 is 23.3 Å². The summed E-state index contributed by atoms with van der Waals surface area (Å²) >= 11 is 0. The van der Waals surface area contributed by atoms with Gasteiger partial charge in [-0.15, -0.1) is 0 Å². The topological polar surface area (TPSA) is 84.2 Å². The number of carbonyl (C=O) groups is 2. The van der Waals surface area contributed by atoms with Gasteiger partial charge in [0.15, 0.2) is 5.82 Å². The number of anilines is 2. The molecule has 1 heterocycles. The fourth-order valence-corrected chi connectivity index (χ4v) is 1.91. The van der Waals surface area contributed by atoms with E-state index >= 15 is 0 Å². The van der Waals surface area contributed by atoms with Gasteiger partial charge in [0.2, 0.25) is 11.8 Å². The summed E-state index contributed by atoms with van der Waals surface area (Å²) in [5.74, 6) is 0.0760. The molecule has 2 rings (SSSR count). The second kappa shape index (κ2) is 6.21. The van der Waals surface area contributed by atoms with Gasteiger partial charge in [0.25, 0.3) is 0 Å². The number of benzene rings is 1. The molecule has 1 aromatic heterocycles. The summed E-state index contributed by atoms with van der Waals surface area (Å²) in [6.07, 6.45) is -0.279. The third-order valence-electron chi connectivity index (χ3n) is 2.87. The van der Waals surface area contributed by atoms with E-state index in [1.54, 1.807) is 13.0 Å². The quantitative estimate of drug-likeness (QED) is 0.846. The van der Waals surface area contributed by atoms with Crippen LogP contribution in [0.3, 0.4) is 0 Å². The first kappa shape index (κ1) is 14.8. The third kappa shape index (κ3) is 4.17. The lowest BCUT2D eigenvalue weighted by molar-refractivity contribution is -0.123. The fourth-order valence-electron chi connectivity index (χ4n) is 1.91. The highest BCUT2D eigenvalue weighted by Gasteiger charge is 2.12. The fraction of sp³-hybridized carbons (Fsp3) is 0.267. The summed E-state index contributed by atoms with van der Waals surface area (Å²) in [5.41, 5.74) is 2.77. The molecule has 0 spiro atoms. The Bertz CT molecular complexity index is 677. The standard InChI is InChI=1S/C15H17N3O3/c1-9-4-5-12(10(2)6-9)16-14(19)8-15(20)17-13-7-11(3)21-18-13/h4-7H,8H2,1-3H3,(H,16,19)(H,17,18,20). The molecule has 0 aliphatic rings. The number of carbonyl (C=O) groups excluding carboxylic acids is 2. The molecule has 0 fully saturated rings. The summed E-state index contributed by atoms with van der Waals surface area (Å²) in [6.45, 7) is 5.60. The Morgan fingerprint density at radius 1 is 1.10 bits per heavy atom. The maximum atomic E-state index is 11.8. The van der Waals surface area contributed by atoms with Crippen molar-refractivity contribution in [1.29, 1.82) is 0 Å². The third-order valence-corrected chi connectivity index (χ3v) is 2.87. The Labute approximate surface area is 122 Å². The molecule has 2 aromatic rings. The molecule has 0 unspecified atom stereocenters. The molecule has 6 heteroatoms. The lowest BCUT2D eigenvalue weighted by Gasteiger charge is -2.08. The Kier molecular flexibility index (Phi) is 4.37. The van der Waals surface area contributed by atoms with Crippen LogP contribution in [0.25, 0.3) is 0 Å². The highest BCUT2D eigenvalue weighted by molar-refractivity contribution is 6.07. The van der Waals surface area contributed by atoms with Crippen LogP contribution in [-0.4, -0.2) is 17.0 Å². The number of rotatable bonds is 4. The van der Waals surface area contributed by atoms with Crippen molar-refractivity contribution in [2.75, 3.05) is 10.6 Å². The van der Waals surface area contributed by atoms with E-state index in [9.17, 15) is 9.59 Å². The highest BCUT2D eigenvalue weighted by Crippen LogP contribution is 2.16. The number of hydrogen-bond donors (Lipinski definition) is 2. The summed E-state index contributed by atoms with van der Waals surface area (Å²) in [6, 6.07) is 7.27. The van der Waals surface area contributed by atoms with Gasteiger partial charge in [0, 0.05) is 11.8 Å². The average molecular weight is 287 g/mol. The van der Waals surface area contributed by atoms with Gasteiger partial charge in [-0.3, -0.25) is 9.59 Å². The maximum absolute atomic E-state index is 11.8. The van der Waals surface area contributed by atoms with E-state index in [4.69, 9.17) is 4.52 Å². The molecule has 0 radical (unpaired) electrons. The SMILES string of the molecule is Cc1ccc(NC(=O)CC(=O)Nc2cc(C)on2)c(C)c1. The second-order valence-electron chi connectivity index (χ2n) is 4.91. The minimum absolute atomic E-state index is 0.279. The van der Waals surface area contributed by atoms with Crippen LogP contribution in [0.4, 0.5) is 11.5 Å². The first-order valence-electron chi connectivity index (χ1n) is 6.54. The van der Waals surface area contributed by atoms with E-state index in [1.807, 2.05) is 32.0 Å². The van der Waals surface area contributed by atoms with Gasteiger partial charge in [-0.05, 0) is 32.4 Å². The summed E-state index contributed by atoms with van der Waals surface area (Å²) < 4.78 is 4.83. The van der Waals surface area contributed by atoms with Gasteiger partial charge in [-0.25, -0.2) is 0 Å². The number of hydrogen-bond acceptors (Lipinski definition) is 4. The molecule has 0 saturated carbocycles. The first-order chi connectivity index (χ1) is 9.94. The van der Waals surface area contributed by atoms with Crippen LogP contribution in [0, 0.1) is 20.8 Å². The van der Waals surface area contributed by atoms with Crippen LogP contribution >= 0.6 is 0 Å². The first-order valence-corrected chi connectivity index (χ1v) is 6.54. The van der Waals surface area contributed by atoms with Crippen LogP contribution < -0.4 is 10.6 Å². The van der Waals surface area contributed by atoms with E-state index in [-0.39, 0.29) is 12.3 Å². The lowest BCUT2D eigenvalue weighted by atomic mass is 10.1. The smallest absolute Gasteiger partial charge is 0.235 e. The van der Waals surface area contributed by atoms with Gasteiger partial charge in [-0.2, -0.15) is 0 Å². The van der Waals surface area contributed by atoms with E-state index in [1.165, 1.54) is 0 Å². The van der Waals surface area contributed by atoms with Crippen molar-refractivity contribution in [3.63, 3.8) is 0 Å². The zero-order valence-corrected chi connectivity index (χ0v) is 12.2. The van der Waals surface area contributed by atoms with Crippen LogP contribution in [0.15, 0.2) is 28.8 Å². The minimum atomic E-state index is -0.439. The predicted octanol–water partition coefficient (Wildman–Crippen LogP) is 2.57. The lowest BCUT2D eigenvalue weighted by Crippen LogP contribution is -2.21. The predicted molar refractivity (Wildman–Crippen MR) is 79.0 cm³/mol. The number of aryl methyl sites for hydroxylation is 3. The second-order valence-corrected chi connectivity index (χ2v) is 4.91. The molecule has 110 valence electrons. The molecule has 1 aromatic carbocycles. The van der Waals surface area contributed by atoms with Crippen molar-refractivity contribution < 1.29 is 14.1 Å². The molecular formula is C15H17N3O3. The van der Waals surface area contributed by atoms with Gasteiger partial charge in [0.1, 0.15) is 12.2 Å². The Morgan fingerprint density at radius 3 is 2.43 bits per heavy atom. The number of nitrogens with one attached hydrogen (secondary N) is 2. The zero-order chi connectivity index (χ0) is 15.4. The number of aromatic nitrogens is 1. The Morgan fingerprint density at radius 2 is 1.81 bits per heavy atom. The monoisotopic (exact) mass is 287 g/mol. The largest absolute Gasteiger partial charge is 0.360 e. The van der Waals surface area contributed by atoms with Gasteiger partial charge < -0.3 is 15.2 Å². The minimum Gasteiger partial charge on any atom is -0.360 e. The average Bonchev–Trinajstić information content (AvgIpc) is 2.78. The molecule has 6 nitrogen and oxygen atoms in total. The number of nitrogens with zero attached hydrogens (tertiary/aromatic N) is 1. The van der Waals surface area contributed by atoms with E-state index < -0.39 is 5.91 Å². The van der Waals surface area contributed by atoms with Gasteiger partial charge in [0.05, 0.1) is 0 Å². The van der Waals surface area contributed by atoms with Crippen molar-refractivity contribution in [1.82, 2.24) is 5.16 Å². The number of amides is 2. The van der Waals surface area contributed by atoms with Gasteiger partial charge >= 0.3 is 0 Å². The molecule has 0 aliphatic heterocycles. The van der Waals surface area contributed by atoms with E-state index in [0.29, 0.717) is 17.3 Å². The highest BCUT2D eigenvalue weighted by atomic mass is 16.5. The summed E-state index contributed by atoms with van der Waals surface area (Å²) in [4.78, 5) is 23.5. The van der Waals surface area contributed by atoms with Crippen LogP contribution in [0.2, 0.25) is 0 Å². The van der Waals surface area contributed by atoms with Crippen molar-refractivity contribution in [2.45, 2.75) is 27.2 Å². The molecule has 0 atom stereocenters. The van der Waals surface area contributed by atoms with Crippen molar-refractivity contribution in [3.05, 3.63) is 41.2 Å². The van der Waals surface area contributed by atoms with E-state index in [0.717, 1.165) is 11.1 Å². The maximum Gasteiger partial charge on any atom is 0.235 e. The van der Waals surface area contributed by atoms with Crippen LogP contribution in [0.1, 0.15) is 23.3 Å². The molecule has 2 N–H and O–H groups in total. The van der Waals surface area contributed by atoms with Crippen LogP contribution in [-0.2, 0) is 9.59 Å². The summed E-state index contributed by atoms with van der Waals surface area (Å²) in [7, 11) is 0. The van der Waals surface area contributed by atoms with Gasteiger partial charge in [-0.1, -0.05) is 22.9 Å². The molecular weight excluding hydrogens is 270 g/mol. The zero-order valence-electron chi connectivity index (χ0n) is 12.2. The molecule has 2 amide bonds. The van der Waals surface area contributed by atoms with E-state index in [2.05, 4.69) is 15.8 Å². The molecule has 21 heavy (non-hydrogen) atoms. The van der Waals surface area contributed by atoms with Crippen molar-refractivity contribution in [3.8, 4) is 0 Å². The Hall–Kier alpha value is -2.63. The van der Waals surface area contributed by atoms with Crippen molar-refractivity contribution in [2.24, 2.45) is 0 Å². The molecule has 0 bridgehead atoms. The van der Waals surface area contributed by atoms with Crippen LogP contribution in [0.5, 0.6) is 0 Å². The normalized spacial score (nSPS) is 10.2.